The third kappa shape index (κ3) is 4.91. The molecule has 0 aromatic heterocycles. The predicted molar refractivity (Wildman–Crippen MR) is 64.6 cm³/mol. The molecule has 0 aliphatic rings. The van der Waals surface area contributed by atoms with Crippen LogP contribution < -0.4 is 4.52 Å². The van der Waals surface area contributed by atoms with Crippen molar-refractivity contribution in [1.29, 1.82) is 0 Å². The van der Waals surface area contributed by atoms with E-state index in [0.717, 1.165) is 0 Å². The Morgan fingerprint density at radius 1 is 1.41 bits per heavy atom. The topological polar surface area (TPSA) is 84.3 Å². The smallest absolute Gasteiger partial charge is 0.420 e. The fourth-order valence-electron chi connectivity index (χ4n) is 0.977. The zero-order chi connectivity index (χ0) is 12.7. The Morgan fingerprint density at radius 2 is 2.06 bits per heavy atom. The summed E-state index contributed by atoms with van der Waals surface area (Å²) in [4.78, 5) is 5.61. The van der Waals surface area contributed by atoms with Gasteiger partial charge in [-0.15, -0.1) is 0 Å². The average molecular weight is 255 g/mol. The standard InChI is InChI=1S/C10H14N3O3P/c1-9(2)8-15-17(14,13-12-11)16-10-6-4-3-5-7-10/h3-7,9H,8H2,1-2H3/t17-/m1/s1. The van der Waals surface area contributed by atoms with Gasteiger partial charge in [0.15, 0.2) is 0 Å². The number of nitrogens with zero attached hydrogens (tertiary/aromatic N) is 3. The highest BCUT2D eigenvalue weighted by molar-refractivity contribution is 7.52. The molecule has 0 spiro atoms. The maximum atomic E-state index is 12.0. The molecule has 0 aliphatic carbocycles. The first-order chi connectivity index (χ1) is 8.06. The van der Waals surface area contributed by atoms with Gasteiger partial charge in [-0.25, -0.2) is 4.57 Å². The molecule has 0 radical (unpaired) electrons. The fourth-order valence-corrected chi connectivity index (χ4v) is 2.09. The summed E-state index contributed by atoms with van der Waals surface area (Å²) in [6.45, 7) is 3.98. The zero-order valence-corrected chi connectivity index (χ0v) is 10.6. The lowest BCUT2D eigenvalue weighted by molar-refractivity contribution is 0.234. The molecule has 92 valence electrons. The SMILES string of the molecule is CC(C)CO[P@](=O)(N=[N+]=[N-])Oc1ccccc1. The van der Waals surface area contributed by atoms with Gasteiger partial charge in [-0.2, -0.15) is 0 Å². The molecular weight excluding hydrogens is 241 g/mol. The molecule has 0 bridgehead atoms. The van der Waals surface area contributed by atoms with Crippen molar-refractivity contribution in [3.05, 3.63) is 40.8 Å². The van der Waals surface area contributed by atoms with Gasteiger partial charge in [0.1, 0.15) is 5.75 Å². The van der Waals surface area contributed by atoms with E-state index in [-0.39, 0.29) is 12.5 Å². The Balaban J connectivity index is 2.78. The lowest BCUT2D eigenvalue weighted by Crippen LogP contribution is -2.02. The Bertz CT molecular complexity index is 443. The van der Waals surface area contributed by atoms with Crippen LogP contribution in [-0.4, -0.2) is 6.61 Å². The van der Waals surface area contributed by atoms with E-state index in [4.69, 9.17) is 14.6 Å². The van der Waals surface area contributed by atoms with Crippen LogP contribution in [0.1, 0.15) is 13.8 Å². The maximum absolute atomic E-state index is 12.0. The van der Waals surface area contributed by atoms with Crippen molar-refractivity contribution in [2.75, 3.05) is 6.61 Å². The second-order valence-corrected chi connectivity index (χ2v) is 5.30. The molecule has 6 nitrogen and oxygen atoms in total. The van der Waals surface area contributed by atoms with Crippen molar-refractivity contribution in [2.45, 2.75) is 13.8 Å². The van der Waals surface area contributed by atoms with E-state index in [2.05, 4.69) is 9.80 Å². The Hall–Kier alpha value is -1.48. The van der Waals surface area contributed by atoms with Gasteiger partial charge in [0.2, 0.25) is 0 Å². The lowest BCUT2D eigenvalue weighted by atomic mass is 10.2. The van der Waals surface area contributed by atoms with Crippen LogP contribution in [0, 0.1) is 5.92 Å². The molecular formula is C10H14N3O3P. The predicted octanol–water partition coefficient (Wildman–Crippen LogP) is 4.16. The summed E-state index contributed by atoms with van der Waals surface area (Å²) in [6, 6.07) is 8.45. The quantitative estimate of drug-likeness (QED) is 0.331. The first-order valence-corrected chi connectivity index (χ1v) is 6.61. The van der Waals surface area contributed by atoms with Crippen LogP contribution in [-0.2, 0) is 9.09 Å². The van der Waals surface area contributed by atoms with Gasteiger partial charge in [0.05, 0.1) is 6.61 Å². The summed E-state index contributed by atoms with van der Waals surface area (Å²) in [6.07, 6.45) is 0. The maximum Gasteiger partial charge on any atom is 0.470 e. The molecule has 0 aliphatic heterocycles. The summed E-state index contributed by atoms with van der Waals surface area (Å²) in [5, 5.41) is 0. The van der Waals surface area contributed by atoms with Crippen molar-refractivity contribution in [1.82, 2.24) is 0 Å². The second-order valence-electron chi connectivity index (χ2n) is 3.74. The van der Waals surface area contributed by atoms with Gasteiger partial charge < -0.3 is 4.52 Å². The fraction of sp³-hybridized carbons (Fsp3) is 0.400. The Morgan fingerprint density at radius 3 is 2.59 bits per heavy atom. The normalized spacial score (nSPS) is 13.8. The highest BCUT2D eigenvalue weighted by Crippen LogP contribution is 2.50. The van der Waals surface area contributed by atoms with Gasteiger partial charge in [0, 0.05) is 9.80 Å². The summed E-state index contributed by atoms with van der Waals surface area (Å²) >= 11 is 0. The zero-order valence-electron chi connectivity index (χ0n) is 9.68. The number of rotatable bonds is 6. The first-order valence-electron chi connectivity index (χ1n) is 5.11. The molecule has 0 fully saturated rings. The molecule has 0 unspecified atom stereocenters. The number of benzene rings is 1. The molecule has 0 saturated heterocycles. The van der Waals surface area contributed by atoms with Gasteiger partial charge in [-0.3, -0.25) is 4.52 Å². The molecule has 0 amide bonds. The molecule has 0 N–H and O–H groups in total. The molecule has 0 saturated carbocycles. The molecule has 1 rings (SSSR count). The van der Waals surface area contributed by atoms with Crippen molar-refractivity contribution in [2.24, 2.45) is 10.8 Å². The second kappa shape index (κ2) is 6.30. The van der Waals surface area contributed by atoms with Crippen molar-refractivity contribution in [3.8, 4) is 5.75 Å². The molecule has 17 heavy (non-hydrogen) atoms. The van der Waals surface area contributed by atoms with E-state index < -0.39 is 7.75 Å². The van der Waals surface area contributed by atoms with Crippen LogP contribution in [0.25, 0.3) is 10.4 Å². The van der Waals surface area contributed by atoms with Gasteiger partial charge in [-0.05, 0) is 23.6 Å². The van der Waals surface area contributed by atoms with E-state index in [9.17, 15) is 4.57 Å². The van der Waals surface area contributed by atoms with Gasteiger partial charge in [0.25, 0.3) is 0 Å². The highest BCUT2D eigenvalue weighted by Gasteiger charge is 2.25. The van der Waals surface area contributed by atoms with Crippen LogP contribution in [0.15, 0.2) is 35.2 Å². The molecule has 1 atom stereocenters. The van der Waals surface area contributed by atoms with Crippen LogP contribution in [0.5, 0.6) is 5.75 Å². The van der Waals surface area contributed by atoms with Crippen molar-refractivity contribution >= 4 is 7.75 Å². The van der Waals surface area contributed by atoms with Crippen LogP contribution in [0.2, 0.25) is 0 Å². The third-order valence-electron chi connectivity index (χ3n) is 1.68. The lowest BCUT2D eigenvalue weighted by Gasteiger charge is -2.15. The molecule has 0 heterocycles. The minimum atomic E-state index is -3.79. The number of azide groups is 1. The number of hydrogen-bond acceptors (Lipinski definition) is 3. The highest BCUT2D eigenvalue weighted by atomic mass is 31.2. The number of hydrogen-bond donors (Lipinski definition) is 0. The summed E-state index contributed by atoms with van der Waals surface area (Å²) in [5.41, 5.74) is 8.37. The average Bonchev–Trinajstić information content (AvgIpc) is 2.28. The Labute approximate surface area is 99.8 Å². The largest absolute Gasteiger partial charge is 0.470 e. The Kier molecular flexibility index (Phi) is 5.04. The monoisotopic (exact) mass is 255 g/mol. The van der Waals surface area contributed by atoms with Crippen LogP contribution in [0.4, 0.5) is 0 Å². The van der Waals surface area contributed by atoms with E-state index in [0.29, 0.717) is 5.75 Å². The van der Waals surface area contributed by atoms with Gasteiger partial charge in [-0.1, -0.05) is 32.0 Å². The van der Waals surface area contributed by atoms with Crippen molar-refractivity contribution < 1.29 is 13.6 Å². The minimum Gasteiger partial charge on any atom is -0.420 e. The van der Waals surface area contributed by atoms with E-state index in [1.165, 1.54) is 0 Å². The van der Waals surface area contributed by atoms with E-state index in [1.54, 1.807) is 30.3 Å². The summed E-state index contributed by atoms with van der Waals surface area (Å²) in [5.74, 6) is 0.503. The summed E-state index contributed by atoms with van der Waals surface area (Å²) in [7, 11) is -3.79. The molecule has 7 heteroatoms. The molecule has 1 aromatic rings. The number of para-hydroxylation sites is 1. The third-order valence-corrected chi connectivity index (χ3v) is 2.90. The first kappa shape index (κ1) is 13.6. The van der Waals surface area contributed by atoms with E-state index >= 15 is 0 Å². The van der Waals surface area contributed by atoms with Crippen LogP contribution >= 0.6 is 7.75 Å². The van der Waals surface area contributed by atoms with E-state index in [1.807, 2.05) is 13.8 Å². The minimum absolute atomic E-state index is 0.164. The van der Waals surface area contributed by atoms with Crippen molar-refractivity contribution in [3.63, 3.8) is 0 Å². The molecule has 1 aromatic carbocycles. The summed E-state index contributed by atoms with van der Waals surface area (Å²) < 4.78 is 22.2. The van der Waals surface area contributed by atoms with Gasteiger partial charge >= 0.3 is 7.75 Å². The van der Waals surface area contributed by atoms with Crippen LogP contribution in [0.3, 0.4) is 0 Å².